The lowest BCUT2D eigenvalue weighted by Crippen LogP contribution is -2.41. The van der Waals surface area contributed by atoms with Crippen LogP contribution in [-0.4, -0.2) is 74.2 Å². The molecule has 49 heavy (non-hydrogen) atoms. The maximum Gasteiger partial charge on any atom is 0.290 e. The number of aliphatic hydroxyl groups excluding tert-OH is 3. The van der Waals surface area contributed by atoms with E-state index in [0.29, 0.717) is 30.2 Å². The number of aryl methyl sites for hydroxylation is 1. The molecule has 0 saturated heterocycles. The second-order valence-electron chi connectivity index (χ2n) is 14.1. The summed E-state index contributed by atoms with van der Waals surface area (Å²) in [5.74, 6) is 0.0729. The van der Waals surface area contributed by atoms with Gasteiger partial charge in [0.15, 0.2) is 0 Å². The molecule has 262 valence electrons. The van der Waals surface area contributed by atoms with Crippen LogP contribution in [0, 0.1) is 17.3 Å². The number of rotatable bonds is 9. The molecular formula is C37H46N4O7S. The molecule has 0 aliphatic heterocycles. The van der Waals surface area contributed by atoms with Crippen molar-refractivity contribution in [3.8, 4) is 11.1 Å². The Morgan fingerprint density at radius 2 is 1.82 bits per heavy atom. The van der Waals surface area contributed by atoms with Gasteiger partial charge in [0, 0.05) is 41.9 Å². The van der Waals surface area contributed by atoms with Crippen LogP contribution in [0.2, 0.25) is 0 Å². The molecule has 0 bridgehead atoms. The summed E-state index contributed by atoms with van der Waals surface area (Å²) in [5.41, 5.74) is 5.26. The molecule has 7 N–H and O–H groups in total. The molecule has 0 unspecified atom stereocenters. The Hall–Kier alpha value is -3.94. The summed E-state index contributed by atoms with van der Waals surface area (Å²) in [6, 6.07) is 14.7. The van der Waals surface area contributed by atoms with E-state index in [2.05, 4.69) is 42.5 Å². The number of carbonyl (C=O) groups is 2. The lowest BCUT2D eigenvalue weighted by Gasteiger charge is -2.34. The fourth-order valence-electron chi connectivity index (χ4n) is 6.95. The maximum absolute atomic E-state index is 13.7. The minimum Gasteiger partial charge on any atom is -0.483 e. The SMILES string of the molecule is CC(C)(C)[C@H]1CCc2nc3sc(C(=O)N[C@H](CCN[C@H]4C[C@@H](CO)[C@H](O)[C@@H]4O)c4ccc(-c5ccc(=O)[nH]c5)cc4)cc3cc2C1.O=CO. The van der Waals surface area contributed by atoms with Crippen LogP contribution in [0.25, 0.3) is 21.3 Å². The van der Waals surface area contributed by atoms with E-state index in [4.69, 9.17) is 14.9 Å². The zero-order valence-electron chi connectivity index (χ0n) is 28.1. The number of hydrogen-bond donors (Lipinski definition) is 7. The number of amides is 1. The Labute approximate surface area is 289 Å². The van der Waals surface area contributed by atoms with Crippen molar-refractivity contribution in [2.75, 3.05) is 13.2 Å². The van der Waals surface area contributed by atoms with Gasteiger partial charge in [-0.3, -0.25) is 14.4 Å². The summed E-state index contributed by atoms with van der Waals surface area (Å²) in [5, 5.41) is 44.7. The first-order valence-electron chi connectivity index (χ1n) is 16.7. The van der Waals surface area contributed by atoms with Crippen LogP contribution in [0.15, 0.2) is 59.5 Å². The molecule has 0 spiro atoms. The highest BCUT2D eigenvalue weighted by molar-refractivity contribution is 7.20. The van der Waals surface area contributed by atoms with Crippen LogP contribution < -0.4 is 16.2 Å². The van der Waals surface area contributed by atoms with Crippen LogP contribution in [-0.2, 0) is 17.6 Å². The fourth-order valence-corrected chi connectivity index (χ4v) is 7.88. The number of carboxylic acid groups (broad SMARTS) is 1. The number of aromatic amines is 1. The van der Waals surface area contributed by atoms with Gasteiger partial charge in [-0.1, -0.05) is 45.0 Å². The number of nitrogens with zero attached hydrogens (tertiary/aromatic N) is 1. The van der Waals surface area contributed by atoms with E-state index < -0.39 is 12.2 Å². The normalized spacial score (nSPS) is 22.5. The van der Waals surface area contributed by atoms with Gasteiger partial charge < -0.3 is 36.0 Å². The van der Waals surface area contributed by atoms with E-state index in [9.17, 15) is 24.9 Å². The number of carbonyl (C=O) groups excluding carboxylic acids is 1. The molecular weight excluding hydrogens is 644 g/mol. The lowest BCUT2D eigenvalue weighted by atomic mass is 9.71. The Kier molecular flexibility index (Phi) is 11.7. The van der Waals surface area contributed by atoms with Gasteiger partial charge in [-0.2, -0.15) is 0 Å². The van der Waals surface area contributed by atoms with Crippen molar-refractivity contribution in [2.45, 2.75) is 77.2 Å². The second-order valence-corrected chi connectivity index (χ2v) is 15.1. The molecule has 6 rings (SSSR count). The number of thiophene rings is 1. The monoisotopic (exact) mass is 690 g/mol. The lowest BCUT2D eigenvalue weighted by molar-refractivity contribution is -0.122. The quantitative estimate of drug-likeness (QED) is 0.127. The maximum atomic E-state index is 13.7. The third-order valence-corrected chi connectivity index (χ3v) is 11.0. The Balaban J connectivity index is 0.00000151. The third-order valence-electron chi connectivity index (χ3n) is 9.93. The second kappa shape index (κ2) is 15.7. The molecule has 3 heterocycles. The first-order valence-corrected chi connectivity index (χ1v) is 17.5. The number of pyridine rings is 2. The minimum atomic E-state index is -0.968. The van der Waals surface area contributed by atoms with Crippen LogP contribution in [0.4, 0.5) is 0 Å². The predicted octanol–water partition coefficient (Wildman–Crippen LogP) is 4.06. The highest BCUT2D eigenvalue weighted by Crippen LogP contribution is 2.38. The molecule has 4 aromatic rings. The molecule has 0 radical (unpaired) electrons. The van der Waals surface area contributed by atoms with Crippen molar-refractivity contribution < 1.29 is 30.0 Å². The molecule has 2 aliphatic rings. The molecule has 12 heteroatoms. The number of H-pyrrole nitrogens is 1. The van der Waals surface area contributed by atoms with Gasteiger partial charge >= 0.3 is 0 Å². The standard InChI is InChI=1S/C36H44N4O5S.CH2O2/c1-36(2,3)26-9-10-27-23(15-26)14-24-17-30(46-35(24)40-27)34(45)39-28(12-13-37-29-16-25(19-41)32(43)33(29)44)21-6-4-20(5-7-21)22-8-11-31(42)38-18-22;2-1-3/h4-8,11,14,17-18,25-26,28-29,32-33,37,41,43-44H,9-10,12-13,15-16,19H2,1-3H3,(H,38,42)(H,39,45);1H,(H,2,3)/t25-,26-,28+,29-,32-,33+;/m0./s1. The Bertz CT molecular complexity index is 1780. The topological polar surface area (TPSA) is 185 Å². The zero-order chi connectivity index (χ0) is 35.3. The van der Waals surface area contributed by atoms with Crippen LogP contribution in [0.1, 0.15) is 72.6 Å². The number of aromatic nitrogens is 2. The molecule has 11 nitrogen and oxygen atoms in total. The van der Waals surface area contributed by atoms with Gasteiger partial charge in [0.1, 0.15) is 4.83 Å². The van der Waals surface area contributed by atoms with Gasteiger partial charge in [0.25, 0.3) is 12.4 Å². The molecule has 2 aliphatic carbocycles. The van der Waals surface area contributed by atoms with E-state index in [1.165, 1.54) is 23.0 Å². The Morgan fingerprint density at radius 3 is 2.45 bits per heavy atom. The van der Waals surface area contributed by atoms with Crippen LogP contribution >= 0.6 is 11.3 Å². The van der Waals surface area contributed by atoms with Crippen molar-refractivity contribution in [3.63, 3.8) is 0 Å². The van der Waals surface area contributed by atoms with E-state index in [1.807, 2.05) is 30.3 Å². The highest BCUT2D eigenvalue weighted by Gasteiger charge is 2.40. The number of nitrogens with one attached hydrogen (secondary N) is 3. The van der Waals surface area contributed by atoms with Gasteiger partial charge in [-0.25, -0.2) is 4.98 Å². The van der Waals surface area contributed by atoms with Crippen molar-refractivity contribution in [1.29, 1.82) is 0 Å². The van der Waals surface area contributed by atoms with Crippen molar-refractivity contribution in [1.82, 2.24) is 20.6 Å². The first-order chi connectivity index (χ1) is 23.4. The summed E-state index contributed by atoms with van der Waals surface area (Å²) in [6.07, 6.45) is 3.86. The zero-order valence-corrected chi connectivity index (χ0v) is 28.9. The summed E-state index contributed by atoms with van der Waals surface area (Å²) >= 11 is 1.42. The average molecular weight is 691 g/mol. The summed E-state index contributed by atoms with van der Waals surface area (Å²) in [6.45, 7) is 6.96. The van der Waals surface area contributed by atoms with Gasteiger partial charge in [0.05, 0.1) is 23.1 Å². The molecule has 1 saturated carbocycles. The number of hydrogen-bond acceptors (Lipinski definition) is 9. The average Bonchev–Trinajstić information content (AvgIpc) is 3.62. The third kappa shape index (κ3) is 8.63. The fraction of sp³-hybridized carbons (Fsp3) is 0.459. The molecule has 1 fully saturated rings. The first kappa shape index (κ1) is 36.3. The van der Waals surface area contributed by atoms with Gasteiger partial charge in [-0.15, -0.1) is 11.3 Å². The van der Waals surface area contributed by atoms with Crippen LogP contribution in [0.5, 0.6) is 0 Å². The molecule has 1 aromatic carbocycles. The van der Waals surface area contributed by atoms with Crippen molar-refractivity contribution in [3.05, 3.63) is 86.8 Å². The number of fused-ring (bicyclic) bond motifs is 2. The van der Waals surface area contributed by atoms with Crippen LogP contribution in [0.3, 0.4) is 0 Å². The Morgan fingerprint density at radius 1 is 1.10 bits per heavy atom. The van der Waals surface area contributed by atoms with E-state index in [-0.39, 0.29) is 48.0 Å². The van der Waals surface area contributed by atoms with E-state index >= 15 is 0 Å². The summed E-state index contributed by atoms with van der Waals surface area (Å²) in [7, 11) is 0. The van der Waals surface area contributed by atoms with Crippen molar-refractivity contribution >= 4 is 33.9 Å². The predicted molar refractivity (Wildman–Crippen MR) is 190 cm³/mol. The van der Waals surface area contributed by atoms with Gasteiger partial charge in [0.2, 0.25) is 5.56 Å². The summed E-state index contributed by atoms with van der Waals surface area (Å²) < 4.78 is 0. The number of benzene rings is 1. The largest absolute Gasteiger partial charge is 0.483 e. The minimum absolute atomic E-state index is 0.161. The smallest absolute Gasteiger partial charge is 0.290 e. The molecule has 6 atom stereocenters. The molecule has 1 amide bonds. The van der Waals surface area contributed by atoms with E-state index in [1.54, 1.807) is 12.3 Å². The highest BCUT2D eigenvalue weighted by atomic mass is 32.1. The number of aliphatic hydroxyl groups is 3. The summed E-state index contributed by atoms with van der Waals surface area (Å²) in [4.78, 5) is 42.8. The molecule has 3 aromatic heterocycles. The van der Waals surface area contributed by atoms with E-state index in [0.717, 1.165) is 51.9 Å². The van der Waals surface area contributed by atoms with Crippen molar-refractivity contribution in [2.24, 2.45) is 17.3 Å². The van der Waals surface area contributed by atoms with Gasteiger partial charge in [-0.05, 0) is 90.4 Å².